The third-order valence-electron chi connectivity index (χ3n) is 3.44. The fourth-order valence-electron chi connectivity index (χ4n) is 2.09. The molecule has 1 unspecified atom stereocenters. The summed E-state index contributed by atoms with van der Waals surface area (Å²) in [5, 5.41) is 19.2. The molecule has 2 aromatic rings. The van der Waals surface area contributed by atoms with Crippen LogP contribution >= 0.6 is 11.3 Å². The minimum atomic E-state index is -1.14. The molecule has 114 valence electrons. The van der Waals surface area contributed by atoms with E-state index >= 15 is 0 Å². The number of rotatable bonds is 5. The number of hydrogen-bond donors (Lipinski definition) is 2. The average Bonchev–Trinajstić information content (AvgIpc) is 3.04. The van der Waals surface area contributed by atoms with Gasteiger partial charge in [0.05, 0.1) is 17.6 Å². The van der Waals surface area contributed by atoms with E-state index in [2.05, 4.69) is 24.3 Å². The third-order valence-corrected chi connectivity index (χ3v) is 4.37. The Morgan fingerprint density at radius 3 is 2.86 bits per heavy atom. The molecule has 0 radical (unpaired) electrons. The van der Waals surface area contributed by atoms with Crippen molar-refractivity contribution < 1.29 is 9.90 Å². The maximum absolute atomic E-state index is 12.3. The number of carbonyl (C=O) groups excluding carboxylic acids is 1. The molecule has 0 bridgehead atoms. The highest BCUT2D eigenvalue weighted by Crippen LogP contribution is 2.25. The summed E-state index contributed by atoms with van der Waals surface area (Å²) in [5.41, 5.74) is 0.582. The van der Waals surface area contributed by atoms with Crippen molar-refractivity contribution in [2.45, 2.75) is 32.3 Å². The molecule has 0 aliphatic heterocycles. The van der Waals surface area contributed by atoms with E-state index in [0.717, 1.165) is 5.56 Å². The van der Waals surface area contributed by atoms with Crippen LogP contribution in [0.4, 0.5) is 0 Å². The highest BCUT2D eigenvalue weighted by molar-refractivity contribution is 7.12. The molecule has 0 aromatic carbocycles. The number of aryl methyl sites for hydroxylation is 1. The van der Waals surface area contributed by atoms with Crippen molar-refractivity contribution in [1.82, 2.24) is 15.1 Å². The zero-order valence-corrected chi connectivity index (χ0v) is 13.6. The SMILES string of the molecule is CC(C)c1ccsc1C(=O)NCC(C)(O)c1cnn(C)c1. The zero-order chi connectivity index (χ0) is 15.6. The fraction of sp³-hybridized carbons (Fsp3) is 0.467. The molecule has 0 fully saturated rings. The van der Waals surface area contributed by atoms with Crippen LogP contribution in [0, 0.1) is 0 Å². The van der Waals surface area contributed by atoms with Gasteiger partial charge in [-0.15, -0.1) is 11.3 Å². The average molecular weight is 307 g/mol. The van der Waals surface area contributed by atoms with E-state index in [4.69, 9.17) is 0 Å². The van der Waals surface area contributed by atoms with Gasteiger partial charge in [0.1, 0.15) is 5.60 Å². The lowest BCUT2D eigenvalue weighted by Gasteiger charge is -2.22. The lowest BCUT2D eigenvalue weighted by molar-refractivity contribution is 0.0526. The predicted molar refractivity (Wildman–Crippen MR) is 83.5 cm³/mol. The molecule has 0 aliphatic carbocycles. The van der Waals surface area contributed by atoms with Crippen molar-refractivity contribution in [2.24, 2.45) is 7.05 Å². The number of nitrogens with one attached hydrogen (secondary N) is 1. The van der Waals surface area contributed by atoms with Gasteiger partial charge >= 0.3 is 0 Å². The second kappa shape index (κ2) is 5.99. The van der Waals surface area contributed by atoms with Gasteiger partial charge in [-0.3, -0.25) is 9.48 Å². The van der Waals surface area contributed by atoms with Gasteiger partial charge in [-0.2, -0.15) is 5.10 Å². The number of hydrogen-bond acceptors (Lipinski definition) is 4. The van der Waals surface area contributed by atoms with Gasteiger partial charge in [-0.1, -0.05) is 13.8 Å². The Hall–Kier alpha value is -1.66. The van der Waals surface area contributed by atoms with Crippen molar-refractivity contribution in [3.8, 4) is 0 Å². The van der Waals surface area contributed by atoms with Crippen LogP contribution in [0.2, 0.25) is 0 Å². The number of thiophene rings is 1. The monoisotopic (exact) mass is 307 g/mol. The van der Waals surface area contributed by atoms with Gasteiger partial charge in [0.15, 0.2) is 0 Å². The van der Waals surface area contributed by atoms with E-state index in [1.807, 2.05) is 11.4 Å². The van der Waals surface area contributed by atoms with Gasteiger partial charge in [0.2, 0.25) is 0 Å². The minimum absolute atomic E-state index is 0.141. The number of carbonyl (C=O) groups is 1. The molecule has 0 spiro atoms. The summed E-state index contributed by atoms with van der Waals surface area (Å²) in [6.07, 6.45) is 3.35. The van der Waals surface area contributed by atoms with Crippen LogP contribution < -0.4 is 5.32 Å². The Balaban J connectivity index is 2.05. The van der Waals surface area contributed by atoms with E-state index in [1.54, 1.807) is 31.0 Å². The van der Waals surface area contributed by atoms with Crippen LogP contribution in [-0.4, -0.2) is 27.3 Å². The van der Waals surface area contributed by atoms with E-state index in [9.17, 15) is 9.90 Å². The van der Waals surface area contributed by atoms with Crippen molar-refractivity contribution in [1.29, 1.82) is 0 Å². The highest BCUT2D eigenvalue weighted by Gasteiger charge is 2.26. The Bertz CT molecular complexity index is 628. The van der Waals surface area contributed by atoms with Crippen LogP contribution in [0.25, 0.3) is 0 Å². The minimum Gasteiger partial charge on any atom is -0.383 e. The molecule has 2 N–H and O–H groups in total. The largest absolute Gasteiger partial charge is 0.383 e. The van der Waals surface area contributed by atoms with E-state index < -0.39 is 5.60 Å². The van der Waals surface area contributed by atoms with Crippen molar-refractivity contribution in [3.05, 3.63) is 39.8 Å². The first-order valence-corrected chi connectivity index (χ1v) is 7.76. The maximum Gasteiger partial charge on any atom is 0.261 e. The van der Waals surface area contributed by atoms with Crippen LogP contribution in [0.1, 0.15) is 47.5 Å². The second-order valence-corrected chi connectivity index (χ2v) is 6.64. The summed E-state index contributed by atoms with van der Waals surface area (Å²) in [4.78, 5) is 13.0. The Kier molecular flexibility index (Phi) is 4.49. The van der Waals surface area contributed by atoms with E-state index in [0.29, 0.717) is 16.4 Å². The normalized spacial score (nSPS) is 14.2. The Morgan fingerprint density at radius 2 is 2.29 bits per heavy atom. The third kappa shape index (κ3) is 3.51. The molecule has 2 heterocycles. The first kappa shape index (κ1) is 15.7. The summed E-state index contributed by atoms with van der Waals surface area (Å²) in [6.45, 7) is 5.93. The molecule has 21 heavy (non-hydrogen) atoms. The number of amides is 1. The smallest absolute Gasteiger partial charge is 0.261 e. The number of aliphatic hydroxyl groups is 1. The van der Waals surface area contributed by atoms with E-state index in [-0.39, 0.29) is 12.5 Å². The van der Waals surface area contributed by atoms with Gasteiger partial charge in [-0.25, -0.2) is 0 Å². The van der Waals surface area contributed by atoms with Gasteiger partial charge in [0.25, 0.3) is 5.91 Å². The molecule has 1 atom stereocenters. The molecule has 2 aromatic heterocycles. The molecule has 5 nitrogen and oxygen atoms in total. The van der Waals surface area contributed by atoms with Crippen molar-refractivity contribution in [3.63, 3.8) is 0 Å². The van der Waals surface area contributed by atoms with Crippen LogP contribution in [0.15, 0.2) is 23.8 Å². The summed E-state index contributed by atoms with van der Waals surface area (Å²) >= 11 is 1.43. The molecule has 0 aliphatic rings. The lowest BCUT2D eigenvalue weighted by Crippen LogP contribution is -2.38. The van der Waals surface area contributed by atoms with Crippen LogP contribution in [-0.2, 0) is 12.6 Å². The predicted octanol–water partition coefficient (Wildman–Crippen LogP) is 2.24. The van der Waals surface area contributed by atoms with Crippen LogP contribution in [0.3, 0.4) is 0 Å². The molecule has 1 amide bonds. The topological polar surface area (TPSA) is 67.2 Å². The summed E-state index contributed by atoms with van der Waals surface area (Å²) in [7, 11) is 1.79. The summed E-state index contributed by atoms with van der Waals surface area (Å²) in [5.74, 6) is 0.161. The standard InChI is InChI=1S/C15H21N3O2S/c1-10(2)12-5-6-21-13(12)14(19)16-9-15(3,20)11-7-17-18(4)8-11/h5-8,10,20H,9H2,1-4H3,(H,16,19). The molecule has 6 heteroatoms. The number of aromatic nitrogens is 2. The zero-order valence-electron chi connectivity index (χ0n) is 12.8. The first-order valence-electron chi connectivity index (χ1n) is 6.88. The molecular weight excluding hydrogens is 286 g/mol. The molecule has 2 rings (SSSR count). The fourth-order valence-corrected chi connectivity index (χ4v) is 3.06. The molecule has 0 saturated carbocycles. The van der Waals surface area contributed by atoms with Crippen molar-refractivity contribution >= 4 is 17.2 Å². The van der Waals surface area contributed by atoms with Crippen molar-refractivity contribution in [2.75, 3.05) is 6.54 Å². The Morgan fingerprint density at radius 1 is 1.57 bits per heavy atom. The summed E-state index contributed by atoms with van der Waals surface area (Å²) < 4.78 is 1.63. The molecule has 0 saturated heterocycles. The quantitative estimate of drug-likeness (QED) is 0.890. The first-order chi connectivity index (χ1) is 9.81. The van der Waals surface area contributed by atoms with E-state index in [1.165, 1.54) is 11.3 Å². The second-order valence-electron chi connectivity index (χ2n) is 5.72. The van der Waals surface area contributed by atoms with Gasteiger partial charge in [-0.05, 0) is 29.9 Å². The number of nitrogens with zero attached hydrogens (tertiary/aromatic N) is 2. The highest BCUT2D eigenvalue weighted by atomic mass is 32.1. The van der Waals surface area contributed by atoms with Gasteiger partial charge < -0.3 is 10.4 Å². The summed E-state index contributed by atoms with van der Waals surface area (Å²) in [6, 6.07) is 1.98. The maximum atomic E-state index is 12.3. The molecular formula is C15H21N3O2S. The lowest BCUT2D eigenvalue weighted by atomic mass is 9.99. The van der Waals surface area contributed by atoms with Gasteiger partial charge in [0, 0.05) is 18.8 Å². The van der Waals surface area contributed by atoms with Crippen LogP contribution in [0.5, 0.6) is 0 Å². The Labute approximate surface area is 128 Å².